The van der Waals surface area contributed by atoms with E-state index in [0.717, 1.165) is 42.0 Å². The zero-order valence-corrected chi connectivity index (χ0v) is 17.1. The quantitative estimate of drug-likeness (QED) is 0.658. The van der Waals surface area contributed by atoms with Gasteiger partial charge in [-0.15, -0.1) is 0 Å². The zero-order valence-electron chi connectivity index (χ0n) is 16.3. The molecule has 1 fully saturated rings. The van der Waals surface area contributed by atoms with Crippen LogP contribution in [0.15, 0.2) is 42.6 Å². The van der Waals surface area contributed by atoms with E-state index in [1.54, 1.807) is 6.20 Å². The summed E-state index contributed by atoms with van der Waals surface area (Å²) in [7, 11) is 0. The minimum atomic E-state index is 0.0561. The van der Waals surface area contributed by atoms with Gasteiger partial charge in [0.2, 0.25) is 0 Å². The maximum atomic E-state index is 13.4. The van der Waals surface area contributed by atoms with Crippen LogP contribution in [0.5, 0.6) is 5.75 Å². The molecule has 3 aromatic rings. The van der Waals surface area contributed by atoms with Gasteiger partial charge in [-0.3, -0.25) is 4.79 Å². The summed E-state index contributed by atoms with van der Waals surface area (Å²) < 4.78 is 8.19. The second-order valence-corrected chi connectivity index (χ2v) is 7.97. The summed E-state index contributed by atoms with van der Waals surface area (Å²) >= 11 is 6.44. The van der Waals surface area contributed by atoms with Crippen molar-refractivity contribution in [3.05, 3.63) is 53.3 Å². The summed E-state index contributed by atoms with van der Waals surface area (Å²) in [6.45, 7) is 5.66. The monoisotopic (exact) mass is 410 g/mol. The van der Waals surface area contributed by atoms with Crippen LogP contribution in [-0.2, 0) is 6.54 Å². The normalized spacial score (nSPS) is 18.8. The highest BCUT2D eigenvalue weighted by molar-refractivity contribution is 6.36. The molecule has 0 N–H and O–H groups in total. The van der Waals surface area contributed by atoms with Crippen molar-refractivity contribution >= 4 is 34.2 Å². The Morgan fingerprint density at radius 3 is 2.76 bits per heavy atom. The van der Waals surface area contributed by atoms with Gasteiger partial charge in [0.25, 0.3) is 5.91 Å². The van der Waals surface area contributed by atoms with Crippen LogP contribution in [0.2, 0.25) is 5.02 Å². The lowest BCUT2D eigenvalue weighted by Crippen LogP contribution is -2.49. The van der Waals surface area contributed by atoms with Crippen LogP contribution in [0, 0.1) is 0 Å². The first-order valence-electron chi connectivity index (χ1n) is 10.1. The van der Waals surface area contributed by atoms with Crippen LogP contribution < -0.4 is 9.64 Å². The van der Waals surface area contributed by atoms with E-state index >= 15 is 0 Å². The highest BCUT2D eigenvalue weighted by Gasteiger charge is 2.30. The second kappa shape index (κ2) is 7.26. The molecule has 1 unspecified atom stereocenters. The van der Waals surface area contributed by atoms with Crippen LogP contribution in [0.3, 0.4) is 0 Å². The molecule has 29 heavy (non-hydrogen) atoms. The van der Waals surface area contributed by atoms with Crippen molar-refractivity contribution in [2.45, 2.75) is 26.0 Å². The van der Waals surface area contributed by atoms with Crippen molar-refractivity contribution in [1.82, 2.24) is 14.5 Å². The van der Waals surface area contributed by atoms with E-state index in [1.165, 1.54) is 0 Å². The molecule has 1 atom stereocenters. The minimum absolute atomic E-state index is 0.0561. The van der Waals surface area contributed by atoms with Gasteiger partial charge in [0.05, 0.1) is 17.1 Å². The summed E-state index contributed by atoms with van der Waals surface area (Å²) in [4.78, 5) is 22.0. The first kappa shape index (κ1) is 18.3. The molecule has 6 nitrogen and oxygen atoms in total. The number of carbonyl (C=O) groups is 1. The number of halogens is 1. The molecule has 2 aliphatic heterocycles. The topological polar surface area (TPSA) is 50.6 Å². The Bertz CT molecular complexity index is 1060. The molecule has 7 heteroatoms. The van der Waals surface area contributed by atoms with Crippen LogP contribution in [0.4, 0.5) is 5.82 Å². The van der Waals surface area contributed by atoms with Crippen molar-refractivity contribution < 1.29 is 9.53 Å². The van der Waals surface area contributed by atoms with Crippen LogP contribution in [0.1, 0.15) is 23.8 Å². The van der Waals surface area contributed by atoms with Crippen molar-refractivity contribution in [2.24, 2.45) is 0 Å². The molecule has 5 rings (SSSR count). The molecular formula is C22H23ClN4O2. The lowest BCUT2D eigenvalue weighted by Gasteiger charge is -2.35. The summed E-state index contributed by atoms with van der Waals surface area (Å²) in [5.41, 5.74) is 1.63. The summed E-state index contributed by atoms with van der Waals surface area (Å²) in [6, 6.07) is 11.6. The molecule has 0 bridgehead atoms. The number of nitrogens with zero attached hydrogens (tertiary/aromatic N) is 4. The molecule has 1 aromatic carbocycles. The number of hydrogen-bond acceptors (Lipinski definition) is 4. The molecule has 2 aliphatic rings. The molecule has 0 radical (unpaired) electrons. The smallest absolute Gasteiger partial charge is 0.270 e. The van der Waals surface area contributed by atoms with Gasteiger partial charge >= 0.3 is 0 Å². The van der Waals surface area contributed by atoms with Crippen molar-refractivity contribution in [3.63, 3.8) is 0 Å². The SMILES string of the molecule is CCC1Cn2c(C(=O)N3CCN(c4ccccn4)CC3)cc3c(Cl)ccc(c32)O1. The van der Waals surface area contributed by atoms with Gasteiger partial charge in [-0.1, -0.05) is 24.6 Å². The van der Waals surface area contributed by atoms with E-state index in [2.05, 4.69) is 21.4 Å². The number of carbonyl (C=O) groups excluding carboxylic acids is 1. The maximum Gasteiger partial charge on any atom is 0.270 e. The highest BCUT2D eigenvalue weighted by Crippen LogP contribution is 2.38. The maximum absolute atomic E-state index is 13.4. The van der Waals surface area contributed by atoms with Crippen molar-refractivity contribution in [2.75, 3.05) is 31.1 Å². The van der Waals surface area contributed by atoms with E-state index < -0.39 is 0 Å². The molecule has 1 saturated heterocycles. The number of piperazine rings is 1. The Morgan fingerprint density at radius 2 is 2.03 bits per heavy atom. The number of ether oxygens (including phenoxy) is 1. The summed E-state index contributed by atoms with van der Waals surface area (Å²) in [5.74, 6) is 1.82. The van der Waals surface area contributed by atoms with Gasteiger partial charge in [-0.2, -0.15) is 0 Å². The number of hydrogen-bond donors (Lipinski definition) is 0. The van der Waals surface area contributed by atoms with E-state index in [1.807, 2.05) is 41.3 Å². The highest BCUT2D eigenvalue weighted by atomic mass is 35.5. The van der Waals surface area contributed by atoms with E-state index in [4.69, 9.17) is 16.3 Å². The standard InChI is InChI=1S/C22H23ClN4O2/c1-2-15-14-27-18(13-16-17(23)6-7-19(29-15)21(16)27)22(28)26-11-9-25(10-12-26)20-5-3-4-8-24-20/h3-8,13,15H,2,9-12,14H2,1H3. The second-order valence-electron chi connectivity index (χ2n) is 7.56. The third kappa shape index (κ3) is 3.12. The minimum Gasteiger partial charge on any atom is -0.486 e. The lowest BCUT2D eigenvalue weighted by molar-refractivity contribution is 0.0730. The molecule has 2 aromatic heterocycles. The molecule has 1 amide bonds. The fraction of sp³-hybridized carbons (Fsp3) is 0.364. The summed E-state index contributed by atoms with van der Waals surface area (Å²) in [6.07, 6.45) is 2.75. The van der Waals surface area contributed by atoms with Crippen LogP contribution in [0.25, 0.3) is 10.9 Å². The van der Waals surface area contributed by atoms with Crippen LogP contribution in [-0.4, -0.2) is 52.6 Å². The average Bonchev–Trinajstić information content (AvgIpc) is 3.17. The predicted octanol–water partition coefficient (Wildman–Crippen LogP) is 3.82. The lowest BCUT2D eigenvalue weighted by atomic mass is 10.2. The van der Waals surface area contributed by atoms with Gasteiger partial charge in [-0.05, 0) is 36.8 Å². The number of aromatic nitrogens is 2. The Morgan fingerprint density at radius 1 is 1.21 bits per heavy atom. The molecule has 0 spiro atoms. The number of anilines is 1. The Balaban J connectivity index is 1.43. The van der Waals surface area contributed by atoms with Gasteiger partial charge in [0.15, 0.2) is 0 Å². The van der Waals surface area contributed by atoms with Crippen molar-refractivity contribution in [3.8, 4) is 5.75 Å². The number of benzene rings is 1. The Kier molecular flexibility index (Phi) is 4.59. The van der Waals surface area contributed by atoms with Crippen LogP contribution >= 0.6 is 11.6 Å². The van der Waals surface area contributed by atoms with Gasteiger partial charge in [0, 0.05) is 37.8 Å². The molecule has 4 heterocycles. The Labute approximate surface area is 174 Å². The molecule has 0 saturated carbocycles. The summed E-state index contributed by atoms with van der Waals surface area (Å²) in [5, 5.41) is 1.53. The molecule has 150 valence electrons. The van der Waals surface area contributed by atoms with Crippen molar-refractivity contribution in [1.29, 1.82) is 0 Å². The molecule has 0 aliphatic carbocycles. The fourth-order valence-electron chi connectivity index (χ4n) is 4.25. The number of rotatable bonds is 3. The largest absolute Gasteiger partial charge is 0.486 e. The predicted molar refractivity (Wildman–Crippen MR) is 114 cm³/mol. The molecular weight excluding hydrogens is 388 g/mol. The third-order valence-corrected chi connectivity index (χ3v) is 6.19. The van der Waals surface area contributed by atoms with E-state index in [9.17, 15) is 4.79 Å². The van der Waals surface area contributed by atoms with E-state index in [-0.39, 0.29) is 12.0 Å². The van der Waals surface area contributed by atoms with Gasteiger partial charge < -0.3 is 19.1 Å². The van der Waals surface area contributed by atoms with E-state index in [0.29, 0.717) is 30.4 Å². The van der Waals surface area contributed by atoms with Gasteiger partial charge in [-0.25, -0.2) is 4.98 Å². The first-order chi connectivity index (χ1) is 14.2. The zero-order chi connectivity index (χ0) is 20.0. The fourth-order valence-corrected chi connectivity index (χ4v) is 4.46. The third-order valence-electron chi connectivity index (χ3n) is 5.86. The number of pyridine rings is 1. The van der Waals surface area contributed by atoms with Gasteiger partial charge in [0.1, 0.15) is 23.4 Å². The average molecular weight is 411 g/mol. The Hall–Kier alpha value is -2.73. The first-order valence-corrected chi connectivity index (χ1v) is 10.5. The number of amides is 1.